The van der Waals surface area contributed by atoms with Crippen molar-refractivity contribution < 1.29 is 14.0 Å². The number of nitrogens with zero attached hydrogens (tertiary/aromatic N) is 2. The van der Waals surface area contributed by atoms with Gasteiger partial charge in [-0.1, -0.05) is 16.8 Å². The summed E-state index contributed by atoms with van der Waals surface area (Å²) >= 11 is 5.58. The lowest BCUT2D eigenvalue weighted by Crippen LogP contribution is -2.69. The molecule has 7 heteroatoms. The van der Waals surface area contributed by atoms with Crippen LogP contribution in [0.15, 0.2) is 17.3 Å². The first kappa shape index (κ1) is 16.5. The van der Waals surface area contributed by atoms with Crippen LogP contribution in [-0.4, -0.2) is 40.6 Å². The normalized spacial score (nSPS) is 29.6. The Morgan fingerprint density at radius 1 is 1.30 bits per heavy atom. The van der Waals surface area contributed by atoms with Crippen molar-refractivity contribution in [1.29, 1.82) is 0 Å². The molecule has 1 aromatic carbocycles. The van der Waals surface area contributed by atoms with Crippen LogP contribution in [-0.2, 0) is 0 Å². The summed E-state index contributed by atoms with van der Waals surface area (Å²) in [6.07, 6.45) is 2.08. The van der Waals surface area contributed by atoms with Crippen molar-refractivity contribution in [3.63, 3.8) is 0 Å². The van der Waals surface area contributed by atoms with Gasteiger partial charge in [0.25, 0.3) is 0 Å². The molecule has 126 valence electrons. The van der Waals surface area contributed by atoms with Crippen molar-refractivity contribution in [2.24, 2.45) is 11.1 Å². The second kappa shape index (κ2) is 5.91. The number of rotatable bonds is 2. The summed E-state index contributed by atoms with van der Waals surface area (Å²) < 4.78 is 27.8. The van der Waals surface area contributed by atoms with Crippen LogP contribution in [0.1, 0.15) is 32.3 Å². The van der Waals surface area contributed by atoms with Gasteiger partial charge in [0, 0.05) is 11.6 Å². The Morgan fingerprint density at radius 3 is 2.52 bits per heavy atom. The molecule has 0 radical (unpaired) electrons. The van der Waals surface area contributed by atoms with E-state index in [1.165, 1.54) is 0 Å². The Labute approximate surface area is 139 Å². The van der Waals surface area contributed by atoms with Gasteiger partial charge in [-0.3, -0.25) is 4.90 Å². The summed E-state index contributed by atoms with van der Waals surface area (Å²) in [5.41, 5.74) is -0.278. The van der Waals surface area contributed by atoms with Gasteiger partial charge in [0.05, 0.1) is 10.6 Å². The molecule has 3 fully saturated rings. The van der Waals surface area contributed by atoms with Gasteiger partial charge in [0.2, 0.25) is 0 Å². The Bertz CT molecular complexity index is 642. The van der Waals surface area contributed by atoms with Crippen LogP contribution in [0.25, 0.3) is 0 Å². The maximum absolute atomic E-state index is 14.1. The van der Waals surface area contributed by atoms with Crippen LogP contribution in [0.2, 0.25) is 5.02 Å². The third kappa shape index (κ3) is 2.78. The molecule has 2 bridgehead atoms. The highest BCUT2D eigenvalue weighted by atomic mass is 35.5. The number of piperidine rings is 3. The van der Waals surface area contributed by atoms with Gasteiger partial charge in [-0.15, -0.1) is 0 Å². The van der Waals surface area contributed by atoms with Gasteiger partial charge < -0.3 is 10.5 Å². The number of hydrogen-bond donors (Lipinski definition) is 2. The molecule has 0 saturated carbocycles. The molecule has 0 aliphatic carbocycles. The smallest absolute Gasteiger partial charge is 0.176 e. The highest BCUT2D eigenvalue weighted by Gasteiger charge is 2.48. The molecule has 0 amide bonds. The predicted octanol–water partition coefficient (Wildman–Crippen LogP) is 3.22. The molecule has 3 heterocycles. The molecular formula is C16H20ClF2N3O. The van der Waals surface area contributed by atoms with Crippen molar-refractivity contribution in [3.8, 4) is 0 Å². The zero-order chi connectivity index (χ0) is 16.8. The molecule has 3 saturated heterocycles. The fourth-order valence-corrected chi connectivity index (χ4v) is 4.04. The number of nitrogens with one attached hydrogen (secondary N) is 1. The van der Waals surface area contributed by atoms with Crippen LogP contribution < -0.4 is 5.32 Å². The molecule has 23 heavy (non-hydrogen) atoms. The van der Waals surface area contributed by atoms with Gasteiger partial charge in [0.1, 0.15) is 11.6 Å². The quantitative estimate of drug-likeness (QED) is 0.285. The van der Waals surface area contributed by atoms with Crippen LogP contribution in [0.3, 0.4) is 0 Å². The molecule has 0 spiro atoms. The number of hydrogen-bond acceptors (Lipinski definition) is 3. The molecule has 4 nitrogen and oxygen atoms in total. The molecule has 0 unspecified atom stereocenters. The first-order chi connectivity index (χ1) is 10.8. The minimum Gasteiger partial charge on any atom is -0.409 e. The molecule has 0 aromatic heterocycles. The van der Waals surface area contributed by atoms with Crippen molar-refractivity contribution >= 4 is 17.4 Å². The number of benzene rings is 1. The van der Waals surface area contributed by atoms with E-state index in [2.05, 4.69) is 29.2 Å². The average molecular weight is 344 g/mol. The van der Waals surface area contributed by atoms with E-state index in [1.54, 1.807) is 0 Å². The maximum atomic E-state index is 14.1. The van der Waals surface area contributed by atoms with E-state index in [1.807, 2.05) is 0 Å². The average Bonchev–Trinajstić information content (AvgIpc) is 2.51. The van der Waals surface area contributed by atoms with E-state index in [-0.39, 0.29) is 28.0 Å². The number of halogens is 3. The predicted molar refractivity (Wildman–Crippen MR) is 85.0 cm³/mol. The van der Waals surface area contributed by atoms with Gasteiger partial charge >= 0.3 is 0 Å². The van der Waals surface area contributed by atoms with E-state index in [9.17, 15) is 14.0 Å². The summed E-state index contributed by atoms with van der Waals surface area (Å²) in [5, 5.41) is 15.3. The lowest BCUT2D eigenvalue weighted by Gasteiger charge is -2.56. The lowest BCUT2D eigenvalue weighted by molar-refractivity contribution is -0.0339. The summed E-state index contributed by atoms with van der Waals surface area (Å²) in [4.78, 5) is 2.37. The largest absolute Gasteiger partial charge is 0.409 e. The Morgan fingerprint density at radius 2 is 1.96 bits per heavy atom. The summed E-state index contributed by atoms with van der Waals surface area (Å²) in [5.74, 6) is -1.13. The van der Waals surface area contributed by atoms with Gasteiger partial charge in [-0.25, -0.2) is 8.78 Å². The van der Waals surface area contributed by atoms with E-state index >= 15 is 0 Å². The zero-order valence-corrected chi connectivity index (χ0v) is 13.9. The van der Waals surface area contributed by atoms with E-state index in [0.29, 0.717) is 5.92 Å². The van der Waals surface area contributed by atoms with E-state index < -0.39 is 11.6 Å². The molecule has 2 N–H and O–H groups in total. The second-order valence-electron chi connectivity index (χ2n) is 6.79. The van der Waals surface area contributed by atoms with Crippen molar-refractivity contribution in [3.05, 3.63) is 34.4 Å². The van der Waals surface area contributed by atoms with Crippen molar-refractivity contribution in [1.82, 2.24) is 10.2 Å². The monoisotopic (exact) mass is 343 g/mol. The highest BCUT2D eigenvalue weighted by molar-refractivity contribution is 6.30. The lowest BCUT2D eigenvalue weighted by atomic mass is 9.72. The summed E-state index contributed by atoms with van der Waals surface area (Å²) in [6, 6.07) is 1.84. The Kier molecular flexibility index (Phi) is 4.23. The maximum Gasteiger partial charge on any atom is 0.176 e. The fourth-order valence-electron chi connectivity index (χ4n) is 3.89. The first-order valence-corrected chi connectivity index (χ1v) is 8.11. The van der Waals surface area contributed by atoms with Crippen molar-refractivity contribution in [2.45, 2.75) is 38.3 Å². The van der Waals surface area contributed by atoms with Crippen molar-refractivity contribution in [2.75, 3.05) is 13.1 Å². The van der Waals surface area contributed by atoms with Gasteiger partial charge in [0.15, 0.2) is 5.84 Å². The van der Waals surface area contributed by atoms with Crippen LogP contribution in [0.5, 0.6) is 0 Å². The molecule has 4 rings (SSSR count). The van der Waals surface area contributed by atoms with E-state index in [0.717, 1.165) is 38.1 Å². The topological polar surface area (TPSA) is 47.9 Å². The molecule has 1 aromatic rings. The van der Waals surface area contributed by atoms with Crippen LogP contribution in [0, 0.1) is 17.6 Å². The third-order valence-corrected chi connectivity index (χ3v) is 5.53. The molecule has 1 atom stereocenters. The molecule has 3 aliphatic rings. The third-order valence-electron chi connectivity index (χ3n) is 5.24. The number of fused-ring (bicyclic) bond motifs is 3. The van der Waals surface area contributed by atoms with Gasteiger partial charge in [-0.05, 0) is 57.8 Å². The summed E-state index contributed by atoms with van der Waals surface area (Å²) in [6.45, 7) is 6.30. The zero-order valence-electron chi connectivity index (χ0n) is 13.1. The second-order valence-corrected chi connectivity index (χ2v) is 7.20. The first-order valence-electron chi connectivity index (χ1n) is 7.73. The number of amidine groups is 1. The SMILES string of the molecule is CC1(C)[C@H](N/C(=N/O)c2cc(F)c(Cl)cc2F)C2CCN1CC2. The Balaban J connectivity index is 1.90. The standard InChI is InChI=1S/C16H20ClF2N3O/c1-16(2)14(9-3-5-22(16)6-4-9)20-15(21-23)10-7-13(19)11(17)8-12(10)18/h7-9,14,23H,3-6H2,1-2H3,(H,20,21)/t14-/m1/s1. The fraction of sp³-hybridized carbons (Fsp3) is 0.562. The Hall–Kier alpha value is -1.40. The summed E-state index contributed by atoms with van der Waals surface area (Å²) in [7, 11) is 0. The van der Waals surface area contributed by atoms with Crippen LogP contribution >= 0.6 is 11.6 Å². The van der Waals surface area contributed by atoms with E-state index in [4.69, 9.17) is 11.6 Å². The molecular weight excluding hydrogens is 324 g/mol. The van der Waals surface area contributed by atoms with Crippen LogP contribution in [0.4, 0.5) is 8.78 Å². The molecule has 3 aliphatic heterocycles. The minimum absolute atomic E-state index is 0.00552. The highest BCUT2D eigenvalue weighted by Crippen LogP contribution is 2.39. The minimum atomic E-state index is -0.751. The van der Waals surface area contributed by atoms with Gasteiger partial charge in [-0.2, -0.15) is 0 Å². The number of oxime groups is 1.